The number of nitrogens with two attached hydrogens (primary N) is 3. The number of nitrogens with one attached hydrogen (secondary N) is 1. The fourth-order valence-electron chi connectivity index (χ4n) is 8.59. The number of aliphatic hydroxyl groups excluding tert-OH is 2. The van der Waals surface area contributed by atoms with Crippen LogP contribution in [0.5, 0.6) is 0 Å². The van der Waals surface area contributed by atoms with Gasteiger partial charge in [0.25, 0.3) is 0 Å². The van der Waals surface area contributed by atoms with Gasteiger partial charge in [-0.15, -0.1) is 0 Å². The van der Waals surface area contributed by atoms with E-state index in [1.165, 1.54) is 103 Å². The first-order chi connectivity index (χ1) is 34.4. The molecule has 2 aliphatic carbocycles. The zero-order valence-corrected chi connectivity index (χ0v) is 42.0. The van der Waals surface area contributed by atoms with Gasteiger partial charge in [0.15, 0.2) is 53.7 Å². The van der Waals surface area contributed by atoms with E-state index in [0.717, 1.165) is 13.2 Å². The van der Waals surface area contributed by atoms with Crippen molar-refractivity contribution >= 4 is 55.5 Å². The number of morpholine rings is 1. The van der Waals surface area contributed by atoms with Crippen molar-refractivity contribution in [2.75, 3.05) is 64.2 Å². The van der Waals surface area contributed by atoms with Crippen molar-refractivity contribution in [2.24, 2.45) is 10.7 Å². The summed E-state index contributed by atoms with van der Waals surface area (Å²) in [6.45, 7) is 5.50. The average Bonchev–Trinajstić information content (AvgIpc) is 4.14. The molecular weight excluding hydrogens is 996 g/mol. The second-order valence-electron chi connectivity index (χ2n) is 17.4. The molecule has 0 bridgehead atoms. The molecule has 5 fully saturated rings. The third-order valence-electron chi connectivity index (χ3n) is 12.3. The Kier molecular flexibility index (Phi) is 21.3. The predicted molar refractivity (Wildman–Crippen MR) is 256 cm³/mol. The van der Waals surface area contributed by atoms with Crippen LogP contribution in [-0.2, 0) is 37.1 Å². The normalized spacial score (nSPS) is 27.5. The summed E-state index contributed by atoms with van der Waals surface area (Å²) in [4.78, 5) is 55.6. The summed E-state index contributed by atoms with van der Waals surface area (Å²) < 4.78 is 85.7. The number of nitrogen functional groups attached to an aromatic ring is 2. The Morgan fingerprint density at radius 2 is 1.22 bits per heavy atom. The molecule has 404 valence electrons. The van der Waals surface area contributed by atoms with Gasteiger partial charge in [0.1, 0.15) is 48.1 Å². The van der Waals surface area contributed by atoms with Crippen LogP contribution >= 0.6 is 15.6 Å². The lowest BCUT2D eigenvalue weighted by Gasteiger charge is -2.30. The summed E-state index contributed by atoms with van der Waals surface area (Å²) in [5, 5.41) is 23.6. The second-order valence-corrected chi connectivity index (χ2v) is 20.4. The number of hydrogen-bond acceptors (Lipinski definition) is 19. The minimum atomic E-state index is -4.77. The third kappa shape index (κ3) is 15.4. The van der Waals surface area contributed by atoms with Crippen LogP contribution in [0.1, 0.15) is 90.5 Å². The lowest BCUT2D eigenvalue weighted by Crippen LogP contribution is -2.41. The molecule has 9 atom stereocenters. The molecule has 27 nitrogen and oxygen atoms in total. The summed E-state index contributed by atoms with van der Waals surface area (Å²) in [5.41, 5.74) is 18.4. The molecular formula is C41H68F2N14O13P2. The number of hydrogen-bond donors (Lipinski definition) is 9. The van der Waals surface area contributed by atoms with E-state index in [2.05, 4.69) is 44.7 Å². The Morgan fingerprint density at radius 1 is 0.750 bits per heavy atom. The summed E-state index contributed by atoms with van der Waals surface area (Å²) in [5.74, 6) is 0.942. The smallest absolute Gasteiger partial charge is 0.385 e. The minimum Gasteiger partial charge on any atom is -0.385 e. The number of fused-ring (bicyclic) bond motifs is 2. The fraction of sp³-hybridized carbons (Fsp3) is 0.732. The van der Waals surface area contributed by atoms with Gasteiger partial charge < -0.3 is 66.4 Å². The first-order valence-corrected chi connectivity index (χ1v) is 27.0. The zero-order valence-electron chi connectivity index (χ0n) is 40.2. The number of aliphatic imine (C=N–C) groups is 1. The number of rotatable bonds is 13. The monoisotopic (exact) mass is 1060 g/mol. The van der Waals surface area contributed by atoms with E-state index in [-0.39, 0.29) is 41.5 Å². The number of phosphoric ester groups is 1. The van der Waals surface area contributed by atoms with Crippen molar-refractivity contribution < 1.29 is 70.8 Å². The molecule has 12 N–H and O–H groups in total. The van der Waals surface area contributed by atoms with E-state index in [1.54, 1.807) is 0 Å². The number of alkyl halides is 2. The Morgan fingerprint density at radius 3 is 1.68 bits per heavy atom. The molecule has 2 saturated carbocycles. The minimum absolute atomic E-state index is 0.111. The Hall–Kier alpha value is -4.19. The Balaban J connectivity index is 0.000000174. The Labute approximate surface area is 414 Å². The van der Waals surface area contributed by atoms with Crippen LogP contribution in [0.15, 0.2) is 30.3 Å². The molecule has 9 rings (SSSR count). The van der Waals surface area contributed by atoms with Gasteiger partial charge in [-0.05, 0) is 39.5 Å². The number of nitrogens with zero attached hydrogens (tertiary/aromatic N) is 10. The molecule has 4 aromatic heterocycles. The highest BCUT2D eigenvalue weighted by Crippen LogP contribution is 2.48. The van der Waals surface area contributed by atoms with Crippen LogP contribution in [0.25, 0.3) is 22.3 Å². The molecule has 7 heterocycles. The van der Waals surface area contributed by atoms with Gasteiger partial charge in [-0.25, -0.2) is 52.5 Å². The Bertz CT molecular complexity index is 2420. The third-order valence-corrected chi connectivity index (χ3v) is 14.4. The number of guanidine groups is 1. The van der Waals surface area contributed by atoms with Gasteiger partial charge in [0.05, 0.1) is 45.1 Å². The molecule has 3 saturated heterocycles. The fourth-order valence-corrected chi connectivity index (χ4v) is 10.1. The number of aromatic nitrogens is 8. The first-order valence-electron chi connectivity index (χ1n) is 23.9. The van der Waals surface area contributed by atoms with Gasteiger partial charge >= 0.3 is 15.6 Å². The maximum Gasteiger partial charge on any atom is 0.469 e. The quantitative estimate of drug-likeness (QED) is 0.0526. The van der Waals surface area contributed by atoms with E-state index < -0.39 is 78.0 Å². The number of anilines is 2. The van der Waals surface area contributed by atoms with Crippen molar-refractivity contribution in [1.29, 1.82) is 0 Å². The van der Waals surface area contributed by atoms with Gasteiger partial charge in [-0.1, -0.05) is 38.5 Å². The van der Waals surface area contributed by atoms with Gasteiger partial charge in [-0.3, -0.25) is 23.2 Å². The zero-order chi connectivity index (χ0) is 52.0. The van der Waals surface area contributed by atoms with Crippen LogP contribution in [0.3, 0.4) is 0 Å². The van der Waals surface area contributed by atoms with Crippen molar-refractivity contribution in [3.8, 4) is 0 Å². The van der Waals surface area contributed by atoms with Crippen LogP contribution in [-0.4, -0.2) is 176 Å². The molecule has 4 aromatic rings. The van der Waals surface area contributed by atoms with E-state index in [4.69, 9.17) is 50.5 Å². The standard InChI is InChI=1S/C14H20FN6O6P.C13H25N3.C10H13FN5O6P.C4H10O/c15-9-8(5-26-28(23,24)20-1-3-25-4-2-20)27-14(11(9)22)21-7-19-10-12(16)17-6-18-13(10)21;14-13(15-11-7-3-1-4-8-11)16-12-9-5-2-6-10-12;11-5-4(1-21-23(18,19)20)22-10(7(5)17)16-3-15-6-8(12)13-2-14-9(6)16;1-3-5-4-2/h6-9,11,14,22H,1-5H2,(H,23,24)(H2,16,17,18);11-12H,1-10H2,(H3,14,15,16);2-5,7,10,17H,1H2,(H2,12,13,14)(H2,18,19,20);3-4H2,1-2H3/t8-,9?,11+,14-;;4-,5?,7+,10-;/m1.1./s1. The first kappa shape index (κ1) is 57.1. The molecule has 31 heteroatoms. The molecule has 0 spiro atoms. The molecule has 0 amide bonds. The summed E-state index contributed by atoms with van der Waals surface area (Å²) in [7, 11) is -8.90. The summed E-state index contributed by atoms with van der Waals surface area (Å²) >= 11 is 0. The predicted octanol–water partition coefficient (Wildman–Crippen LogP) is 2.17. The van der Waals surface area contributed by atoms with E-state index in [0.29, 0.717) is 36.8 Å². The second kappa shape index (κ2) is 26.9. The van der Waals surface area contributed by atoms with Gasteiger partial charge in [0.2, 0.25) is 0 Å². The SMILES string of the molecule is CCOCC.NC(=NC1CCCCC1)NC1CCCCC1.Nc1ncnc2c1ncn2[C@@H]1O[C@H](COP(=O)(O)N2CCOCC2)C(F)[C@@H]1O.Nc1ncnc2c1ncn2[C@@H]1O[C@H](COP(=O)(O)O)C(F)[C@@H]1O. The number of aliphatic hydroxyl groups is 2. The average molecular weight is 1070 g/mol. The lowest BCUT2D eigenvalue weighted by molar-refractivity contribution is -0.0492. The van der Waals surface area contributed by atoms with Crippen LogP contribution in [0, 0.1) is 0 Å². The van der Waals surface area contributed by atoms with E-state index >= 15 is 0 Å². The highest BCUT2D eigenvalue weighted by atomic mass is 31.2. The summed E-state index contributed by atoms with van der Waals surface area (Å²) in [6, 6.07) is 1.07. The number of phosphoric acid groups is 1. The molecule has 3 aliphatic heterocycles. The highest BCUT2D eigenvalue weighted by Gasteiger charge is 2.48. The number of halogens is 2. The molecule has 0 aromatic carbocycles. The van der Waals surface area contributed by atoms with Crippen LogP contribution < -0.4 is 22.5 Å². The van der Waals surface area contributed by atoms with Crippen LogP contribution in [0.4, 0.5) is 20.4 Å². The maximum atomic E-state index is 14.6. The van der Waals surface area contributed by atoms with Gasteiger partial charge in [0, 0.05) is 32.3 Å². The van der Waals surface area contributed by atoms with Gasteiger partial charge in [-0.2, -0.15) is 0 Å². The van der Waals surface area contributed by atoms with Crippen molar-refractivity contribution in [2.45, 2.75) is 139 Å². The van der Waals surface area contributed by atoms with E-state index in [1.807, 2.05) is 13.8 Å². The number of ether oxygens (including phenoxy) is 4. The van der Waals surface area contributed by atoms with Crippen molar-refractivity contribution in [3.05, 3.63) is 25.3 Å². The van der Waals surface area contributed by atoms with Crippen molar-refractivity contribution in [1.82, 2.24) is 49.0 Å². The molecule has 72 heavy (non-hydrogen) atoms. The van der Waals surface area contributed by atoms with Crippen LogP contribution in [0.2, 0.25) is 0 Å². The van der Waals surface area contributed by atoms with Crippen molar-refractivity contribution in [3.63, 3.8) is 0 Å². The largest absolute Gasteiger partial charge is 0.469 e. The maximum absolute atomic E-state index is 14.6. The number of imidazole rings is 2. The lowest BCUT2D eigenvalue weighted by atomic mass is 9.95. The molecule has 5 aliphatic rings. The topological polar surface area (TPSA) is 384 Å². The molecule has 3 unspecified atom stereocenters. The summed E-state index contributed by atoms with van der Waals surface area (Å²) in [6.07, 6.45) is 6.17. The highest BCUT2D eigenvalue weighted by molar-refractivity contribution is 7.50. The molecule has 0 radical (unpaired) electrons. The van der Waals surface area contributed by atoms with E-state index in [9.17, 15) is 33.0 Å².